The van der Waals surface area contributed by atoms with Gasteiger partial charge in [0.15, 0.2) is 0 Å². The predicted molar refractivity (Wildman–Crippen MR) is 127 cm³/mol. The van der Waals surface area contributed by atoms with Crippen LogP contribution in [-0.2, 0) is 11.3 Å². The van der Waals surface area contributed by atoms with Gasteiger partial charge in [0, 0.05) is 11.6 Å². The maximum Gasteiger partial charge on any atom is 0.309 e. The molecule has 0 aliphatic rings. The van der Waals surface area contributed by atoms with E-state index in [4.69, 9.17) is 16.3 Å². The molecule has 174 valence electrons. The third kappa shape index (κ3) is 5.08. The molecule has 9 heteroatoms. The Bertz CT molecular complexity index is 1390. The van der Waals surface area contributed by atoms with Crippen molar-refractivity contribution in [2.24, 2.45) is 5.92 Å². The van der Waals surface area contributed by atoms with E-state index in [0.717, 1.165) is 10.2 Å². The van der Waals surface area contributed by atoms with Gasteiger partial charge in [-0.15, -0.1) is 5.10 Å². The number of carboxylic acids is 1. The van der Waals surface area contributed by atoms with E-state index in [-0.39, 0.29) is 18.5 Å². The van der Waals surface area contributed by atoms with E-state index in [2.05, 4.69) is 10.3 Å². The van der Waals surface area contributed by atoms with Crippen LogP contribution in [0.15, 0.2) is 71.5 Å². The average molecular weight is 480 g/mol. The van der Waals surface area contributed by atoms with Gasteiger partial charge < -0.3 is 14.9 Å². The molecule has 0 saturated heterocycles. The standard InChI is InChI=1S/C25H22ClN3O5/c1-15-14-18(10-11-21(15)26)34-17-8-6-16(7-9-17)23(30)20(25(32)33)12-13-29-24(31)19-4-2-3-5-22(19)27-28-29/h2-11,14,20,23,30H,12-13H2,1H3,(H,32,33)/t20-,23+/m0/s1. The number of ether oxygens (including phenoxy) is 1. The number of aliphatic hydroxyl groups is 1. The summed E-state index contributed by atoms with van der Waals surface area (Å²) in [6.07, 6.45) is -1.29. The van der Waals surface area contributed by atoms with Crippen LogP contribution in [0.2, 0.25) is 5.02 Å². The zero-order valence-electron chi connectivity index (χ0n) is 18.3. The SMILES string of the molecule is Cc1cc(Oc2ccc([C@@H](O)[C@H](CCn3nnc4ccccc4c3=O)C(=O)O)cc2)ccc1Cl. The van der Waals surface area contributed by atoms with Crippen molar-refractivity contribution < 1.29 is 19.7 Å². The molecule has 1 aromatic heterocycles. The highest BCUT2D eigenvalue weighted by atomic mass is 35.5. The minimum absolute atomic E-state index is 0.00179. The number of carboxylic acid groups (broad SMARTS) is 1. The third-order valence-electron chi connectivity index (χ3n) is 5.57. The molecule has 8 nitrogen and oxygen atoms in total. The summed E-state index contributed by atoms with van der Waals surface area (Å²) in [6.45, 7) is 1.88. The summed E-state index contributed by atoms with van der Waals surface area (Å²) in [5.41, 5.74) is 1.41. The van der Waals surface area contributed by atoms with Crippen LogP contribution < -0.4 is 10.3 Å². The van der Waals surface area contributed by atoms with Gasteiger partial charge in [-0.05, 0) is 66.9 Å². The zero-order valence-corrected chi connectivity index (χ0v) is 19.0. The number of hydrogen-bond donors (Lipinski definition) is 2. The average Bonchev–Trinajstić information content (AvgIpc) is 2.83. The number of aryl methyl sites for hydroxylation is 2. The number of aliphatic carboxylic acids is 1. The van der Waals surface area contributed by atoms with Crippen molar-refractivity contribution >= 4 is 28.5 Å². The molecule has 0 saturated carbocycles. The number of carbonyl (C=O) groups is 1. The molecule has 0 aliphatic carbocycles. The summed E-state index contributed by atoms with van der Waals surface area (Å²) in [5.74, 6) is -1.18. The summed E-state index contributed by atoms with van der Waals surface area (Å²) in [5, 5.41) is 29.4. The van der Waals surface area contributed by atoms with Crippen LogP contribution in [0.25, 0.3) is 10.9 Å². The molecule has 3 aromatic carbocycles. The second kappa shape index (κ2) is 10.0. The van der Waals surface area contributed by atoms with Crippen molar-refractivity contribution in [1.29, 1.82) is 0 Å². The Morgan fingerprint density at radius 1 is 1.09 bits per heavy atom. The van der Waals surface area contributed by atoms with Crippen LogP contribution in [0, 0.1) is 12.8 Å². The fourth-order valence-electron chi connectivity index (χ4n) is 3.63. The van der Waals surface area contributed by atoms with Crippen molar-refractivity contribution in [3.05, 3.63) is 93.2 Å². The molecule has 4 rings (SSSR count). The summed E-state index contributed by atoms with van der Waals surface area (Å²) < 4.78 is 6.92. The molecule has 0 aliphatic heterocycles. The number of aromatic nitrogens is 3. The number of benzene rings is 3. The number of nitrogens with zero attached hydrogens (tertiary/aromatic N) is 3. The molecule has 0 bridgehead atoms. The fourth-order valence-corrected chi connectivity index (χ4v) is 3.75. The number of halogens is 1. The van der Waals surface area contributed by atoms with Crippen LogP contribution in [0.5, 0.6) is 11.5 Å². The van der Waals surface area contributed by atoms with Gasteiger partial charge >= 0.3 is 5.97 Å². The molecule has 1 heterocycles. The van der Waals surface area contributed by atoms with Crippen molar-refractivity contribution in [2.75, 3.05) is 0 Å². The monoisotopic (exact) mass is 479 g/mol. The lowest BCUT2D eigenvalue weighted by molar-refractivity contribution is -0.146. The minimum Gasteiger partial charge on any atom is -0.481 e. The van der Waals surface area contributed by atoms with Gasteiger partial charge in [0.1, 0.15) is 17.0 Å². The van der Waals surface area contributed by atoms with Gasteiger partial charge in [-0.1, -0.05) is 41.1 Å². The van der Waals surface area contributed by atoms with Crippen molar-refractivity contribution in [3.8, 4) is 11.5 Å². The lowest BCUT2D eigenvalue weighted by Gasteiger charge is -2.20. The Morgan fingerprint density at radius 3 is 2.50 bits per heavy atom. The molecule has 4 aromatic rings. The van der Waals surface area contributed by atoms with E-state index in [1.165, 1.54) is 0 Å². The van der Waals surface area contributed by atoms with E-state index in [1.807, 2.05) is 13.0 Å². The Morgan fingerprint density at radius 2 is 1.79 bits per heavy atom. The highest BCUT2D eigenvalue weighted by Crippen LogP contribution is 2.30. The van der Waals surface area contributed by atoms with Gasteiger partial charge in [-0.2, -0.15) is 0 Å². The third-order valence-corrected chi connectivity index (χ3v) is 5.99. The molecule has 2 atom stereocenters. The topological polar surface area (TPSA) is 115 Å². The number of hydrogen-bond acceptors (Lipinski definition) is 6. The maximum atomic E-state index is 12.6. The Hall–Kier alpha value is -3.75. The van der Waals surface area contributed by atoms with E-state index >= 15 is 0 Å². The summed E-state index contributed by atoms with van der Waals surface area (Å²) in [4.78, 5) is 24.5. The quantitative estimate of drug-likeness (QED) is 0.385. The molecule has 2 N–H and O–H groups in total. The lowest BCUT2D eigenvalue weighted by Crippen LogP contribution is -2.29. The Balaban J connectivity index is 1.47. The second-order valence-electron chi connectivity index (χ2n) is 7.90. The highest BCUT2D eigenvalue weighted by Gasteiger charge is 2.28. The molecule has 34 heavy (non-hydrogen) atoms. The summed E-state index contributed by atoms with van der Waals surface area (Å²) in [6, 6.07) is 18.6. The van der Waals surface area contributed by atoms with Gasteiger partial charge in [0.05, 0.1) is 17.4 Å². The molecule has 0 radical (unpaired) electrons. The summed E-state index contributed by atoms with van der Waals surface area (Å²) in [7, 11) is 0. The predicted octanol–water partition coefficient (Wildman–Crippen LogP) is 4.37. The first kappa shape index (κ1) is 23.4. The fraction of sp³-hybridized carbons (Fsp3) is 0.200. The zero-order chi connectivity index (χ0) is 24.2. The van der Waals surface area contributed by atoms with Crippen LogP contribution in [-0.4, -0.2) is 31.2 Å². The van der Waals surface area contributed by atoms with Crippen molar-refractivity contribution in [3.63, 3.8) is 0 Å². The first-order valence-electron chi connectivity index (χ1n) is 10.6. The van der Waals surface area contributed by atoms with Gasteiger partial charge in [0.2, 0.25) is 0 Å². The van der Waals surface area contributed by atoms with E-state index < -0.39 is 18.0 Å². The smallest absolute Gasteiger partial charge is 0.309 e. The maximum absolute atomic E-state index is 12.6. The molecule has 0 fully saturated rings. The normalized spacial score (nSPS) is 12.9. The van der Waals surface area contributed by atoms with Crippen molar-refractivity contribution in [2.45, 2.75) is 26.0 Å². The van der Waals surface area contributed by atoms with E-state index in [9.17, 15) is 19.8 Å². The number of rotatable bonds is 8. The van der Waals surface area contributed by atoms with Crippen LogP contribution in [0.4, 0.5) is 0 Å². The molecule has 0 spiro atoms. The molecular weight excluding hydrogens is 458 g/mol. The second-order valence-corrected chi connectivity index (χ2v) is 8.30. The molecular formula is C25H22ClN3O5. The van der Waals surface area contributed by atoms with Crippen LogP contribution in [0.1, 0.15) is 23.7 Å². The highest BCUT2D eigenvalue weighted by molar-refractivity contribution is 6.31. The van der Waals surface area contributed by atoms with Crippen LogP contribution >= 0.6 is 11.6 Å². The summed E-state index contributed by atoms with van der Waals surface area (Å²) >= 11 is 6.04. The van der Waals surface area contributed by atoms with Gasteiger partial charge in [0.25, 0.3) is 5.56 Å². The minimum atomic E-state index is -1.28. The van der Waals surface area contributed by atoms with Crippen LogP contribution in [0.3, 0.4) is 0 Å². The van der Waals surface area contributed by atoms with Gasteiger partial charge in [-0.25, -0.2) is 4.68 Å². The first-order valence-corrected chi connectivity index (χ1v) is 11.0. The largest absolute Gasteiger partial charge is 0.481 e. The van der Waals surface area contributed by atoms with Crippen molar-refractivity contribution in [1.82, 2.24) is 15.0 Å². The van der Waals surface area contributed by atoms with Gasteiger partial charge in [-0.3, -0.25) is 9.59 Å². The lowest BCUT2D eigenvalue weighted by atomic mass is 9.93. The Kier molecular flexibility index (Phi) is 6.90. The first-order chi connectivity index (χ1) is 16.3. The van der Waals surface area contributed by atoms with E-state index in [1.54, 1.807) is 60.7 Å². The van der Waals surface area contributed by atoms with E-state index in [0.29, 0.717) is 33.0 Å². The molecule has 0 unspecified atom stereocenters. The molecule has 0 amide bonds. The number of aliphatic hydroxyl groups excluding tert-OH is 1. The number of fused-ring (bicyclic) bond motifs is 1. The Labute approximate surface area is 200 Å².